The molecule has 0 heterocycles. The average Bonchev–Trinajstić information content (AvgIpc) is 2.36. The predicted octanol–water partition coefficient (Wildman–Crippen LogP) is 3.74. The molecule has 0 aromatic heterocycles. The zero-order valence-corrected chi connectivity index (χ0v) is 11.1. The summed E-state index contributed by atoms with van der Waals surface area (Å²) in [7, 11) is 0. The molecule has 6 heteroatoms. The molecule has 0 unspecified atom stereocenters. The highest BCUT2D eigenvalue weighted by Crippen LogP contribution is 2.12. The monoisotopic (exact) mass is 264 g/mol. The largest absolute Gasteiger partial charge is 0.458 e. The first-order valence-corrected chi connectivity index (χ1v) is 5.84. The Bertz CT molecular complexity index is 466. The smallest absolute Gasteiger partial charge is 0.447 e. The molecule has 0 bridgehead atoms. The van der Waals surface area contributed by atoms with Crippen LogP contribution in [-0.2, 0) is 4.74 Å². The van der Waals surface area contributed by atoms with Crippen LogP contribution in [0.1, 0.15) is 19.4 Å². The number of carbonyl (C=O) groups is 2. The van der Waals surface area contributed by atoms with E-state index in [0.29, 0.717) is 5.75 Å². The fraction of sp³-hybridized carbons (Fsp3) is 0.385. The molecule has 0 aliphatic rings. The topological polar surface area (TPSA) is 77.3 Å². The number of amides is 2. The van der Waals surface area contributed by atoms with E-state index in [0.717, 1.165) is 5.56 Å². The van der Waals surface area contributed by atoms with Gasteiger partial charge in [0.2, 0.25) is 0 Å². The van der Waals surface area contributed by atoms with Crippen molar-refractivity contribution in [2.24, 2.45) is 16.1 Å². The molecule has 0 N–H and O–H groups in total. The zero-order valence-electron chi connectivity index (χ0n) is 11.1. The van der Waals surface area contributed by atoms with Crippen molar-refractivity contribution in [2.45, 2.75) is 20.8 Å². The Morgan fingerprint density at radius 1 is 1.11 bits per heavy atom. The first-order chi connectivity index (χ1) is 8.97. The Hall–Kier alpha value is -2.24. The fourth-order valence-electron chi connectivity index (χ4n) is 1.08. The lowest BCUT2D eigenvalue weighted by Crippen LogP contribution is -2.07. The summed E-state index contributed by atoms with van der Waals surface area (Å²) in [5.74, 6) is 0.531. The number of nitrogens with zero attached hydrogens (tertiary/aromatic N) is 2. The van der Waals surface area contributed by atoms with Gasteiger partial charge in [-0.05, 0) is 25.0 Å². The maximum absolute atomic E-state index is 11.2. The zero-order chi connectivity index (χ0) is 14.3. The van der Waals surface area contributed by atoms with Crippen molar-refractivity contribution in [3.05, 3.63) is 29.8 Å². The third-order valence-corrected chi connectivity index (χ3v) is 1.98. The van der Waals surface area contributed by atoms with Crippen molar-refractivity contribution in [3.8, 4) is 5.75 Å². The molecule has 0 aliphatic heterocycles. The predicted molar refractivity (Wildman–Crippen MR) is 68.2 cm³/mol. The van der Waals surface area contributed by atoms with E-state index in [1.807, 2.05) is 20.8 Å². The molecular formula is C13H16N2O4. The quantitative estimate of drug-likeness (QED) is 0.779. The molecule has 0 saturated heterocycles. The molecule has 1 aromatic rings. The number of rotatable bonds is 3. The van der Waals surface area contributed by atoms with Crippen molar-refractivity contribution in [3.63, 3.8) is 0 Å². The first-order valence-electron chi connectivity index (χ1n) is 5.84. The van der Waals surface area contributed by atoms with Crippen molar-refractivity contribution < 1.29 is 19.1 Å². The van der Waals surface area contributed by atoms with Crippen LogP contribution in [0, 0.1) is 12.8 Å². The van der Waals surface area contributed by atoms with Gasteiger partial charge in [0, 0.05) is 0 Å². The summed E-state index contributed by atoms with van der Waals surface area (Å²) >= 11 is 0. The minimum absolute atomic E-state index is 0.193. The van der Waals surface area contributed by atoms with Crippen LogP contribution in [0.4, 0.5) is 9.59 Å². The average molecular weight is 264 g/mol. The van der Waals surface area contributed by atoms with E-state index in [1.54, 1.807) is 24.3 Å². The standard InChI is InChI=1S/C13H16N2O4/c1-9(2)8-18-12(16)14-15-13(17)19-11-6-4-10(3)5-7-11/h4-7,9H,8H2,1-3H3. The molecule has 0 saturated carbocycles. The summed E-state index contributed by atoms with van der Waals surface area (Å²) < 4.78 is 9.55. The summed E-state index contributed by atoms with van der Waals surface area (Å²) in [6.45, 7) is 5.91. The van der Waals surface area contributed by atoms with E-state index in [4.69, 9.17) is 9.47 Å². The lowest BCUT2D eigenvalue weighted by molar-refractivity contribution is 0.141. The van der Waals surface area contributed by atoms with Gasteiger partial charge in [0.05, 0.1) is 6.61 Å². The van der Waals surface area contributed by atoms with Crippen LogP contribution in [-0.4, -0.2) is 18.8 Å². The molecule has 0 fully saturated rings. The number of ether oxygens (including phenoxy) is 2. The molecule has 0 spiro atoms. The molecule has 1 aromatic carbocycles. The molecule has 1 rings (SSSR count). The van der Waals surface area contributed by atoms with Crippen LogP contribution >= 0.6 is 0 Å². The van der Waals surface area contributed by atoms with E-state index >= 15 is 0 Å². The van der Waals surface area contributed by atoms with Gasteiger partial charge in [-0.15, -0.1) is 0 Å². The molecule has 0 atom stereocenters. The van der Waals surface area contributed by atoms with E-state index in [-0.39, 0.29) is 12.5 Å². The van der Waals surface area contributed by atoms with Crippen LogP contribution in [0.25, 0.3) is 0 Å². The lowest BCUT2D eigenvalue weighted by Gasteiger charge is -2.02. The summed E-state index contributed by atoms with van der Waals surface area (Å²) in [5, 5.41) is 6.21. The van der Waals surface area contributed by atoms with Crippen molar-refractivity contribution in [1.29, 1.82) is 0 Å². The van der Waals surface area contributed by atoms with Crippen LogP contribution in [0.3, 0.4) is 0 Å². The van der Waals surface area contributed by atoms with E-state index in [9.17, 15) is 9.59 Å². The Morgan fingerprint density at radius 3 is 2.26 bits per heavy atom. The molecule has 0 aliphatic carbocycles. The van der Waals surface area contributed by atoms with Gasteiger partial charge in [-0.25, -0.2) is 9.59 Å². The van der Waals surface area contributed by atoms with Crippen molar-refractivity contribution in [1.82, 2.24) is 0 Å². The fourth-order valence-corrected chi connectivity index (χ4v) is 1.08. The Balaban J connectivity index is 2.42. The minimum atomic E-state index is -0.967. The van der Waals surface area contributed by atoms with Crippen LogP contribution < -0.4 is 4.74 Å². The van der Waals surface area contributed by atoms with Crippen LogP contribution in [0.2, 0.25) is 0 Å². The number of benzene rings is 1. The molecule has 0 radical (unpaired) electrons. The summed E-state index contributed by atoms with van der Waals surface area (Å²) in [4.78, 5) is 22.3. The Kier molecular flexibility index (Phi) is 5.66. The SMILES string of the molecule is Cc1ccc(OC(=O)N=NC(=O)OCC(C)C)cc1. The number of carbonyl (C=O) groups excluding carboxylic acids is 2. The van der Waals surface area contributed by atoms with Crippen molar-refractivity contribution >= 4 is 12.2 Å². The minimum Gasteiger partial charge on any atom is -0.447 e. The first kappa shape index (κ1) is 14.8. The van der Waals surface area contributed by atoms with Gasteiger partial charge in [-0.3, -0.25) is 0 Å². The second-order valence-electron chi connectivity index (χ2n) is 4.35. The molecule has 2 amide bonds. The van der Waals surface area contributed by atoms with Crippen molar-refractivity contribution in [2.75, 3.05) is 6.61 Å². The Morgan fingerprint density at radius 2 is 1.68 bits per heavy atom. The highest BCUT2D eigenvalue weighted by Gasteiger charge is 2.06. The number of hydrogen-bond donors (Lipinski definition) is 0. The van der Waals surface area contributed by atoms with E-state index < -0.39 is 12.2 Å². The van der Waals surface area contributed by atoms with Gasteiger partial charge in [0.1, 0.15) is 5.75 Å². The lowest BCUT2D eigenvalue weighted by atomic mass is 10.2. The normalized spacial score (nSPS) is 10.7. The summed E-state index contributed by atoms with van der Waals surface area (Å²) in [5.41, 5.74) is 1.04. The number of hydrogen-bond acceptors (Lipinski definition) is 4. The third kappa shape index (κ3) is 6.30. The second kappa shape index (κ2) is 7.25. The molecule has 19 heavy (non-hydrogen) atoms. The Labute approximate surface area is 111 Å². The molecule has 6 nitrogen and oxygen atoms in total. The number of azo groups is 1. The summed E-state index contributed by atoms with van der Waals surface area (Å²) in [6.07, 6.45) is -1.88. The van der Waals surface area contributed by atoms with E-state index in [1.165, 1.54) is 0 Å². The van der Waals surface area contributed by atoms with Gasteiger partial charge in [0.25, 0.3) is 0 Å². The number of aryl methyl sites for hydroxylation is 1. The van der Waals surface area contributed by atoms with Gasteiger partial charge in [-0.2, -0.15) is 0 Å². The van der Waals surface area contributed by atoms with Gasteiger partial charge >= 0.3 is 12.2 Å². The van der Waals surface area contributed by atoms with Gasteiger partial charge in [-0.1, -0.05) is 41.8 Å². The highest BCUT2D eigenvalue weighted by molar-refractivity contribution is 5.74. The van der Waals surface area contributed by atoms with Gasteiger partial charge < -0.3 is 9.47 Å². The second-order valence-corrected chi connectivity index (χ2v) is 4.35. The molecular weight excluding hydrogens is 248 g/mol. The molecule has 102 valence electrons. The third-order valence-electron chi connectivity index (χ3n) is 1.98. The van der Waals surface area contributed by atoms with E-state index in [2.05, 4.69) is 10.2 Å². The summed E-state index contributed by atoms with van der Waals surface area (Å²) in [6, 6.07) is 6.83. The van der Waals surface area contributed by atoms with Gasteiger partial charge in [0.15, 0.2) is 0 Å². The van der Waals surface area contributed by atoms with Crippen LogP contribution in [0.5, 0.6) is 5.75 Å². The maximum atomic E-state index is 11.2. The highest BCUT2D eigenvalue weighted by atomic mass is 16.6. The van der Waals surface area contributed by atoms with Crippen LogP contribution in [0.15, 0.2) is 34.5 Å². The maximum Gasteiger partial charge on any atom is 0.458 e.